The van der Waals surface area contributed by atoms with E-state index in [1.165, 1.54) is 5.56 Å². The Morgan fingerprint density at radius 1 is 1.10 bits per heavy atom. The first-order valence-corrected chi connectivity index (χ1v) is 7.35. The number of hydrazone groups is 1. The third-order valence-corrected chi connectivity index (χ3v) is 3.20. The predicted octanol–water partition coefficient (Wildman–Crippen LogP) is 4.10. The Hall–Kier alpha value is -2.20. The molecule has 0 spiro atoms. The van der Waals surface area contributed by atoms with Gasteiger partial charge in [0.2, 0.25) is 0 Å². The number of hydrogen-bond donors (Lipinski definition) is 2. The molecular weight excluding hydrogens is 278 g/mol. The molecule has 108 valence electrons. The molecule has 0 amide bonds. The lowest BCUT2D eigenvalue weighted by Gasteiger charge is -2.09. The summed E-state index contributed by atoms with van der Waals surface area (Å²) in [6, 6.07) is 18.1. The van der Waals surface area contributed by atoms with E-state index in [0.29, 0.717) is 5.11 Å². The van der Waals surface area contributed by atoms with E-state index in [-0.39, 0.29) is 0 Å². The van der Waals surface area contributed by atoms with Crippen molar-refractivity contribution in [2.24, 2.45) is 5.10 Å². The summed E-state index contributed by atoms with van der Waals surface area (Å²) >= 11 is 5.27. The van der Waals surface area contributed by atoms with E-state index in [1.54, 1.807) is 0 Å². The Bertz CT molecular complexity index is 635. The SMILES string of the molecule is CC/C(=N/NC(=S)Nc1cccc(C)c1)c1ccccc1. The van der Waals surface area contributed by atoms with Crippen LogP contribution in [0.2, 0.25) is 0 Å². The molecule has 0 bridgehead atoms. The lowest BCUT2D eigenvalue weighted by Crippen LogP contribution is -2.25. The first kappa shape index (κ1) is 15.2. The van der Waals surface area contributed by atoms with Crippen LogP contribution in [0.3, 0.4) is 0 Å². The fourth-order valence-corrected chi connectivity index (χ4v) is 2.14. The lowest BCUT2D eigenvalue weighted by atomic mass is 10.1. The van der Waals surface area contributed by atoms with Crippen LogP contribution >= 0.6 is 12.2 Å². The number of hydrogen-bond acceptors (Lipinski definition) is 2. The second-order valence-corrected chi connectivity index (χ2v) is 5.12. The smallest absolute Gasteiger partial charge is 0.191 e. The molecule has 0 radical (unpaired) electrons. The minimum atomic E-state index is 0.488. The van der Waals surface area contributed by atoms with Crippen molar-refractivity contribution in [2.45, 2.75) is 20.3 Å². The van der Waals surface area contributed by atoms with E-state index in [9.17, 15) is 0 Å². The van der Waals surface area contributed by atoms with E-state index < -0.39 is 0 Å². The van der Waals surface area contributed by atoms with Crippen molar-refractivity contribution in [3.8, 4) is 0 Å². The average molecular weight is 297 g/mol. The van der Waals surface area contributed by atoms with Gasteiger partial charge in [-0.3, -0.25) is 5.43 Å². The summed E-state index contributed by atoms with van der Waals surface area (Å²) in [5, 5.41) is 8.01. The average Bonchev–Trinajstić information content (AvgIpc) is 2.49. The molecule has 0 saturated heterocycles. The molecule has 0 heterocycles. The Labute approximate surface area is 131 Å². The number of thiocarbonyl (C=S) groups is 1. The van der Waals surface area contributed by atoms with E-state index in [0.717, 1.165) is 23.4 Å². The first-order valence-electron chi connectivity index (χ1n) is 6.94. The van der Waals surface area contributed by atoms with Crippen LogP contribution in [0.1, 0.15) is 24.5 Å². The topological polar surface area (TPSA) is 36.4 Å². The third kappa shape index (κ3) is 4.68. The molecule has 0 fully saturated rings. The number of anilines is 1. The summed E-state index contributed by atoms with van der Waals surface area (Å²) < 4.78 is 0. The number of nitrogens with zero attached hydrogens (tertiary/aromatic N) is 1. The molecule has 2 aromatic rings. The van der Waals surface area contributed by atoms with Gasteiger partial charge in [-0.25, -0.2) is 0 Å². The molecule has 0 aliphatic rings. The molecule has 0 unspecified atom stereocenters. The maximum absolute atomic E-state index is 5.27. The number of nitrogens with one attached hydrogen (secondary N) is 2. The van der Waals surface area contributed by atoms with Gasteiger partial charge in [-0.2, -0.15) is 5.10 Å². The first-order chi connectivity index (χ1) is 10.2. The number of rotatable bonds is 4. The maximum atomic E-state index is 5.27. The van der Waals surface area contributed by atoms with E-state index in [1.807, 2.05) is 61.5 Å². The fourth-order valence-electron chi connectivity index (χ4n) is 1.98. The molecule has 0 aliphatic heterocycles. The fraction of sp³-hybridized carbons (Fsp3) is 0.176. The van der Waals surface area contributed by atoms with Crippen molar-refractivity contribution in [3.05, 3.63) is 65.7 Å². The summed E-state index contributed by atoms with van der Waals surface area (Å²) in [4.78, 5) is 0. The quantitative estimate of drug-likeness (QED) is 0.507. The Kier molecular flexibility index (Phi) is 5.46. The Balaban J connectivity index is 2.00. The van der Waals surface area contributed by atoms with Crippen molar-refractivity contribution >= 4 is 28.7 Å². The van der Waals surface area contributed by atoms with Gasteiger partial charge >= 0.3 is 0 Å². The van der Waals surface area contributed by atoms with Gasteiger partial charge in [0.1, 0.15) is 0 Å². The second-order valence-electron chi connectivity index (χ2n) is 4.71. The third-order valence-electron chi connectivity index (χ3n) is 3.01. The summed E-state index contributed by atoms with van der Waals surface area (Å²) in [5.41, 5.74) is 7.13. The van der Waals surface area contributed by atoms with Crippen LogP contribution in [0.5, 0.6) is 0 Å². The second kappa shape index (κ2) is 7.55. The molecule has 3 nitrogen and oxygen atoms in total. The molecule has 0 saturated carbocycles. The molecule has 2 aromatic carbocycles. The van der Waals surface area contributed by atoms with Crippen LogP contribution in [0.15, 0.2) is 59.7 Å². The maximum Gasteiger partial charge on any atom is 0.191 e. The van der Waals surface area contributed by atoms with E-state index in [2.05, 4.69) is 22.8 Å². The summed E-state index contributed by atoms with van der Waals surface area (Å²) in [5.74, 6) is 0. The molecule has 2 rings (SSSR count). The van der Waals surface area contributed by atoms with Crippen molar-refractivity contribution in [1.82, 2.24) is 5.43 Å². The van der Waals surface area contributed by atoms with Gasteiger partial charge in [0.05, 0.1) is 5.71 Å². The number of aryl methyl sites for hydroxylation is 1. The van der Waals surface area contributed by atoms with Crippen molar-refractivity contribution < 1.29 is 0 Å². The van der Waals surface area contributed by atoms with Crippen LogP contribution < -0.4 is 10.7 Å². The molecule has 0 aromatic heterocycles. The van der Waals surface area contributed by atoms with E-state index in [4.69, 9.17) is 12.2 Å². The predicted molar refractivity (Wildman–Crippen MR) is 93.8 cm³/mol. The highest BCUT2D eigenvalue weighted by molar-refractivity contribution is 7.80. The molecule has 21 heavy (non-hydrogen) atoms. The van der Waals surface area contributed by atoms with Gasteiger partial charge in [-0.05, 0) is 48.8 Å². The van der Waals surface area contributed by atoms with E-state index >= 15 is 0 Å². The summed E-state index contributed by atoms with van der Waals surface area (Å²) in [6.07, 6.45) is 0.837. The monoisotopic (exact) mass is 297 g/mol. The molecule has 0 atom stereocenters. The largest absolute Gasteiger partial charge is 0.331 e. The highest BCUT2D eigenvalue weighted by Gasteiger charge is 2.01. The standard InChI is InChI=1S/C17H19N3S/c1-3-16(14-9-5-4-6-10-14)19-20-17(21)18-15-11-7-8-13(2)12-15/h4-12H,3H2,1-2H3,(H2,18,20,21)/b19-16-. The van der Waals surface area contributed by atoms with Crippen molar-refractivity contribution in [3.63, 3.8) is 0 Å². The van der Waals surface area contributed by atoms with Crippen molar-refractivity contribution in [1.29, 1.82) is 0 Å². The van der Waals surface area contributed by atoms with Crippen LogP contribution in [0.4, 0.5) is 5.69 Å². The minimum absolute atomic E-state index is 0.488. The normalized spacial score (nSPS) is 11.0. The highest BCUT2D eigenvalue weighted by Crippen LogP contribution is 2.09. The van der Waals surface area contributed by atoms with Crippen LogP contribution in [0.25, 0.3) is 0 Å². The highest BCUT2D eigenvalue weighted by atomic mass is 32.1. The minimum Gasteiger partial charge on any atom is -0.331 e. The van der Waals surface area contributed by atoms with Gasteiger partial charge in [-0.15, -0.1) is 0 Å². The van der Waals surface area contributed by atoms with Gasteiger partial charge in [0, 0.05) is 5.69 Å². The molecule has 4 heteroatoms. The van der Waals surface area contributed by atoms with Gasteiger partial charge < -0.3 is 5.32 Å². The molecule has 2 N–H and O–H groups in total. The van der Waals surface area contributed by atoms with Gasteiger partial charge in [-0.1, -0.05) is 49.4 Å². The molecule has 0 aliphatic carbocycles. The zero-order valence-electron chi connectivity index (χ0n) is 12.3. The summed E-state index contributed by atoms with van der Waals surface area (Å²) in [6.45, 7) is 4.12. The lowest BCUT2D eigenvalue weighted by molar-refractivity contribution is 1.02. The number of benzene rings is 2. The van der Waals surface area contributed by atoms with Crippen LogP contribution in [0, 0.1) is 6.92 Å². The zero-order chi connectivity index (χ0) is 15.1. The Morgan fingerprint density at radius 2 is 1.86 bits per heavy atom. The molecular formula is C17H19N3S. The van der Waals surface area contributed by atoms with Gasteiger partial charge in [0.25, 0.3) is 0 Å². The van der Waals surface area contributed by atoms with Crippen LogP contribution in [-0.4, -0.2) is 10.8 Å². The summed E-state index contributed by atoms with van der Waals surface area (Å²) in [7, 11) is 0. The zero-order valence-corrected chi connectivity index (χ0v) is 13.1. The van der Waals surface area contributed by atoms with Crippen molar-refractivity contribution in [2.75, 3.05) is 5.32 Å². The Morgan fingerprint density at radius 3 is 2.52 bits per heavy atom. The van der Waals surface area contributed by atoms with Crippen LogP contribution in [-0.2, 0) is 0 Å². The van der Waals surface area contributed by atoms with Gasteiger partial charge in [0.15, 0.2) is 5.11 Å².